The van der Waals surface area contributed by atoms with Crippen LogP contribution in [0.2, 0.25) is 10.0 Å². The summed E-state index contributed by atoms with van der Waals surface area (Å²) in [5, 5.41) is 14.0. The van der Waals surface area contributed by atoms with E-state index in [1.807, 2.05) is 0 Å². The standard InChI is InChI=1S/C15H10Cl2N2O5/c1-24-15(21)9-4-8(5-11(6-9)19(22)23)14(20)18-10-2-3-12(16)13(17)7-10/h2-7H,1H3,(H,18,20). The molecule has 124 valence electrons. The second-order valence-electron chi connectivity index (χ2n) is 4.60. The van der Waals surface area contributed by atoms with Crippen molar-refractivity contribution in [3.05, 3.63) is 67.7 Å². The predicted octanol–water partition coefficient (Wildman–Crippen LogP) is 3.94. The van der Waals surface area contributed by atoms with Crippen LogP contribution in [0.1, 0.15) is 20.7 Å². The topological polar surface area (TPSA) is 98.5 Å². The number of anilines is 1. The van der Waals surface area contributed by atoms with Gasteiger partial charge in [-0.25, -0.2) is 4.79 Å². The molecule has 1 amide bonds. The van der Waals surface area contributed by atoms with E-state index in [1.165, 1.54) is 24.3 Å². The van der Waals surface area contributed by atoms with Crippen molar-refractivity contribution in [1.29, 1.82) is 0 Å². The van der Waals surface area contributed by atoms with Crippen LogP contribution in [0.4, 0.5) is 11.4 Å². The molecule has 2 aromatic carbocycles. The minimum atomic E-state index is -0.790. The van der Waals surface area contributed by atoms with Crippen LogP contribution in [0.25, 0.3) is 0 Å². The summed E-state index contributed by atoms with van der Waals surface area (Å²) in [4.78, 5) is 34.1. The number of carbonyl (C=O) groups is 2. The van der Waals surface area contributed by atoms with E-state index < -0.39 is 22.5 Å². The number of esters is 1. The molecule has 0 aliphatic heterocycles. The summed E-state index contributed by atoms with van der Waals surface area (Å²) < 4.78 is 4.53. The molecule has 9 heteroatoms. The van der Waals surface area contributed by atoms with Crippen LogP contribution in [0, 0.1) is 10.1 Å². The molecule has 0 radical (unpaired) electrons. The molecule has 0 saturated carbocycles. The molecule has 0 atom stereocenters. The first-order valence-corrected chi connectivity index (χ1v) is 7.21. The second-order valence-corrected chi connectivity index (χ2v) is 5.41. The summed E-state index contributed by atoms with van der Waals surface area (Å²) in [5.41, 5.74) is -0.237. The highest BCUT2D eigenvalue weighted by Gasteiger charge is 2.18. The molecule has 0 fully saturated rings. The molecule has 0 spiro atoms. The summed E-state index contributed by atoms with van der Waals surface area (Å²) in [6.07, 6.45) is 0. The molecular formula is C15H10Cl2N2O5. The van der Waals surface area contributed by atoms with E-state index in [9.17, 15) is 19.7 Å². The van der Waals surface area contributed by atoms with Gasteiger partial charge in [-0.1, -0.05) is 23.2 Å². The fourth-order valence-corrected chi connectivity index (χ4v) is 2.16. The number of methoxy groups -OCH3 is 1. The lowest BCUT2D eigenvalue weighted by Gasteiger charge is -2.08. The maximum atomic E-state index is 12.3. The molecule has 0 bridgehead atoms. The van der Waals surface area contributed by atoms with Crippen molar-refractivity contribution in [3.8, 4) is 0 Å². The highest BCUT2D eigenvalue weighted by Crippen LogP contribution is 2.26. The van der Waals surface area contributed by atoms with Crippen molar-refractivity contribution in [1.82, 2.24) is 0 Å². The largest absolute Gasteiger partial charge is 0.465 e. The number of hydrogen-bond acceptors (Lipinski definition) is 5. The third-order valence-corrected chi connectivity index (χ3v) is 3.73. The van der Waals surface area contributed by atoms with Crippen molar-refractivity contribution >= 4 is 46.5 Å². The van der Waals surface area contributed by atoms with E-state index in [2.05, 4.69) is 10.1 Å². The summed E-state index contributed by atoms with van der Waals surface area (Å²) in [7, 11) is 1.14. The SMILES string of the molecule is COC(=O)c1cc(C(=O)Nc2ccc(Cl)c(Cl)c2)cc([N+](=O)[O-])c1. The monoisotopic (exact) mass is 368 g/mol. The van der Waals surface area contributed by atoms with E-state index in [4.69, 9.17) is 23.2 Å². The number of nitro benzene ring substituents is 1. The Balaban J connectivity index is 2.37. The maximum Gasteiger partial charge on any atom is 0.338 e. The minimum absolute atomic E-state index is 0.0735. The van der Waals surface area contributed by atoms with Gasteiger partial charge < -0.3 is 10.1 Å². The number of rotatable bonds is 4. The third-order valence-electron chi connectivity index (χ3n) is 2.99. The van der Waals surface area contributed by atoms with Crippen LogP contribution in [-0.4, -0.2) is 23.9 Å². The predicted molar refractivity (Wildman–Crippen MR) is 88.9 cm³/mol. The molecule has 0 aromatic heterocycles. The van der Waals surface area contributed by atoms with E-state index >= 15 is 0 Å². The zero-order valence-corrected chi connectivity index (χ0v) is 13.7. The zero-order valence-electron chi connectivity index (χ0n) is 12.2. The number of hydrogen-bond donors (Lipinski definition) is 1. The Morgan fingerprint density at radius 2 is 1.75 bits per heavy atom. The quantitative estimate of drug-likeness (QED) is 0.500. The van der Waals surface area contributed by atoms with Crippen LogP contribution < -0.4 is 5.32 Å². The Bertz CT molecular complexity index is 839. The number of halogens is 2. The molecule has 0 heterocycles. The molecule has 7 nitrogen and oxygen atoms in total. The zero-order chi connectivity index (χ0) is 17.9. The number of amides is 1. The van der Waals surface area contributed by atoms with Crippen molar-refractivity contribution in [3.63, 3.8) is 0 Å². The molecule has 0 aliphatic rings. The molecule has 1 N–H and O–H groups in total. The van der Waals surface area contributed by atoms with Gasteiger partial charge in [0.05, 0.1) is 27.6 Å². The maximum absolute atomic E-state index is 12.3. The summed E-state index contributed by atoms with van der Waals surface area (Å²) >= 11 is 11.7. The van der Waals surface area contributed by atoms with Crippen molar-refractivity contribution in [2.75, 3.05) is 12.4 Å². The number of non-ortho nitro benzene ring substituents is 1. The highest BCUT2D eigenvalue weighted by molar-refractivity contribution is 6.42. The lowest BCUT2D eigenvalue weighted by atomic mass is 10.1. The first-order valence-electron chi connectivity index (χ1n) is 6.46. The second kappa shape index (κ2) is 7.29. The van der Waals surface area contributed by atoms with Gasteiger partial charge in [0.1, 0.15) is 0 Å². The third kappa shape index (κ3) is 4.01. The van der Waals surface area contributed by atoms with Gasteiger partial charge in [0.15, 0.2) is 0 Å². The molecule has 2 rings (SSSR count). The molecule has 24 heavy (non-hydrogen) atoms. The molecule has 0 unspecified atom stereocenters. The average Bonchev–Trinajstić information content (AvgIpc) is 2.56. The van der Waals surface area contributed by atoms with Gasteiger partial charge in [0.25, 0.3) is 11.6 Å². The average molecular weight is 369 g/mol. The Kier molecular flexibility index (Phi) is 5.38. The first kappa shape index (κ1) is 17.7. The molecular weight excluding hydrogens is 359 g/mol. The van der Waals surface area contributed by atoms with Crippen molar-refractivity contribution in [2.24, 2.45) is 0 Å². The van der Waals surface area contributed by atoms with Gasteiger partial charge in [-0.15, -0.1) is 0 Å². The van der Waals surface area contributed by atoms with Gasteiger partial charge >= 0.3 is 5.97 Å². The van der Waals surface area contributed by atoms with Gasteiger partial charge in [0.2, 0.25) is 0 Å². The molecule has 0 aliphatic carbocycles. The van der Waals surface area contributed by atoms with Crippen LogP contribution in [-0.2, 0) is 4.74 Å². The van der Waals surface area contributed by atoms with E-state index in [0.717, 1.165) is 19.2 Å². The van der Waals surface area contributed by atoms with Gasteiger partial charge in [-0.05, 0) is 24.3 Å². The molecule has 0 saturated heterocycles. The fourth-order valence-electron chi connectivity index (χ4n) is 1.86. The van der Waals surface area contributed by atoms with Crippen LogP contribution in [0.15, 0.2) is 36.4 Å². The Morgan fingerprint density at radius 3 is 2.33 bits per heavy atom. The van der Waals surface area contributed by atoms with E-state index in [0.29, 0.717) is 10.7 Å². The lowest BCUT2D eigenvalue weighted by molar-refractivity contribution is -0.384. The normalized spacial score (nSPS) is 10.1. The van der Waals surface area contributed by atoms with Gasteiger partial charge in [0, 0.05) is 23.4 Å². The van der Waals surface area contributed by atoms with Gasteiger partial charge in [-0.3, -0.25) is 14.9 Å². The summed E-state index contributed by atoms with van der Waals surface area (Å²) in [6, 6.07) is 7.73. The number of ether oxygens (including phenoxy) is 1. The van der Waals surface area contributed by atoms with Crippen molar-refractivity contribution in [2.45, 2.75) is 0 Å². The number of carbonyl (C=O) groups excluding carboxylic acids is 2. The molecule has 2 aromatic rings. The van der Waals surface area contributed by atoms with E-state index in [-0.39, 0.29) is 16.1 Å². The minimum Gasteiger partial charge on any atom is -0.465 e. The first-order chi connectivity index (χ1) is 11.3. The number of benzene rings is 2. The Hall–Kier alpha value is -2.64. The van der Waals surface area contributed by atoms with E-state index in [1.54, 1.807) is 0 Å². The number of nitrogens with one attached hydrogen (secondary N) is 1. The Labute approximate surface area is 146 Å². The van der Waals surface area contributed by atoms with Crippen LogP contribution in [0.3, 0.4) is 0 Å². The fraction of sp³-hybridized carbons (Fsp3) is 0.0667. The smallest absolute Gasteiger partial charge is 0.338 e. The summed E-state index contributed by atoms with van der Waals surface area (Å²) in [6.45, 7) is 0. The summed E-state index contributed by atoms with van der Waals surface area (Å²) in [5.74, 6) is -1.44. The highest BCUT2D eigenvalue weighted by atomic mass is 35.5. The number of nitro groups is 1. The van der Waals surface area contributed by atoms with Crippen LogP contribution in [0.5, 0.6) is 0 Å². The van der Waals surface area contributed by atoms with Crippen molar-refractivity contribution < 1.29 is 19.2 Å². The number of nitrogens with zero attached hydrogens (tertiary/aromatic N) is 1. The lowest BCUT2D eigenvalue weighted by Crippen LogP contribution is -2.14. The van der Waals surface area contributed by atoms with Gasteiger partial charge in [-0.2, -0.15) is 0 Å². The Morgan fingerprint density at radius 1 is 1.08 bits per heavy atom. The van der Waals surface area contributed by atoms with Crippen LogP contribution >= 0.6 is 23.2 Å².